The molecule has 6 heteroatoms. The van der Waals surface area contributed by atoms with Crippen molar-refractivity contribution in [1.82, 2.24) is 0 Å². The average molecular weight is 349 g/mol. The number of hydrogen-bond donors (Lipinski definition) is 0. The molecule has 0 spiro atoms. The first-order chi connectivity index (χ1) is 11.5. The average Bonchev–Trinajstić information content (AvgIpc) is 2.72. The number of carbonyl (C=O) groups excluding carboxylic acids is 1. The second-order valence-electron chi connectivity index (χ2n) is 5.54. The first-order valence-electron chi connectivity index (χ1n) is 7.67. The van der Waals surface area contributed by atoms with E-state index in [0.717, 1.165) is 17.0 Å². The van der Waals surface area contributed by atoms with Gasteiger partial charge >= 0.3 is 6.61 Å². The van der Waals surface area contributed by atoms with E-state index >= 15 is 0 Å². The van der Waals surface area contributed by atoms with Gasteiger partial charge in [-0.3, -0.25) is 4.79 Å². The number of rotatable bonds is 3. The van der Waals surface area contributed by atoms with E-state index in [1.165, 1.54) is 24.3 Å². The van der Waals surface area contributed by atoms with Crippen LogP contribution in [0.3, 0.4) is 0 Å². The van der Waals surface area contributed by atoms with Crippen LogP contribution in [0.15, 0.2) is 53.4 Å². The van der Waals surface area contributed by atoms with Crippen molar-refractivity contribution in [2.75, 3.05) is 11.4 Å². The Morgan fingerprint density at radius 2 is 1.92 bits per heavy atom. The molecule has 0 fully saturated rings. The summed E-state index contributed by atoms with van der Waals surface area (Å²) >= 11 is 1.76. The Balaban J connectivity index is 1.86. The second-order valence-corrected chi connectivity index (χ2v) is 7.02. The third-order valence-electron chi connectivity index (χ3n) is 3.82. The van der Waals surface area contributed by atoms with Crippen molar-refractivity contribution < 1.29 is 18.3 Å². The van der Waals surface area contributed by atoms with Crippen LogP contribution in [0.5, 0.6) is 5.75 Å². The van der Waals surface area contributed by atoms with Crippen LogP contribution in [-0.4, -0.2) is 24.3 Å². The van der Waals surface area contributed by atoms with Gasteiger partial charge in [0, 0.05) is 22.3 Å². The summed E-state index contributed by atoms with van der Waals surface area (Å²) in [4.78, 5) is 15.7. The van der Waals surface area contributed by atoms with E-state index in [-0.39, 0.29) is 11.7 Å². The summed E-state index contributed by atoms with van der Waals surface area (Å²) in [5.41, 5.74) is 1.34. The predicted octanol–water partition coefficient (Wildman–Crippen LogP) is 4.82. The molecule has 1 atom stereocenters. The Hall–Kier alpha value is -2.08. The Kier molecular flexibility index (Phi) is 5.04. The summed E-state index contributed by atoms with van der Waals surface area (Å²) in [5.74, 6) is -0.0947. The van der Waals surface area contributed by atoms with Crippen molar-refractivity contribution in [2.45, 2.75) is 30.1 Å². The zero-order valence-corrected chi connectivity index (χ0v) is 13.9. The largest absolute Gasteiger partial charge is 0.435 e. The van der Waals surface area contributed by atoms with Gasteiger partial charge in [0.2, 0.25) is 0 Å². The second kappa shape index (κ2) is 7.21. The van der Waals surface area contributed by atoms with Crippen LogP contribution in [0.25, 0.3) is 0 Å². The smallest absolute Gasteiger partial charge is 0.387 e. The highest BCUT2D eigenvalue weighted by molar-refractivity contribution is 8.00. The normalized spacial score (nSPS) is 17.3. The van der Waals surface area contributed by atoms with Gasteiger partial charge in [0.25, 0.3) is 5.91 Å². The number of fused-ring (bicyclic) bond motifs is 1. The van der Waals surface area contributed by atoms with Gasteiger partial charge < -0.3 is 9.64 Å². The Morgan fingerprint density at radius 1 is 1.21 bits per heavy atom. The summed E-state index contributed by atoms with van der Waals surface area (Å²) in [5, 5.41) is 0.422. The Bertz CT molecular complexity index is 721. The Labute approximate surface area is 143 Å². The third kappa shape index (κ3) is 3.70. The van der Waals surface area contributed by atoms with Crippen LogP contribution < -0.4 is 9.64 Å². The lowest BCUT2D eigenvalue weighted by molar-refractivity contribution is -0.0498. The van der Waals surface area contributed by atoms with E-state index in [9.17, 15) is 13.6 Å². The molecule has 0 radical (unpaired) electrons. The van der Waals surface area contributed by atoms with E-state index in [0.29, 0.717) is 17.4 Å². The number of hydrogen-bond acceptors (Lipinski definition) is 3. The lowest BCUT2D eigenvalue weighted by Crippen LogP contribution is -2.32. The number of para-hydroxylation sites is 1. The highest BCUT2D eigenvalue weighted by Gasteiger charge is 2.25. The van der Waals surface area contributed by atoms with Crippen molar-refractivity contribution >= 4 is 23.4 Å². The molecule has 3 nitrogen and oxygen atoms in total. The van der Waals surface area contributed by atoms with Crippen LogP contribution in [0, 0.1) is 0 Å². The van der Waals surface area contributed by atoms with Gasteiger partial charge in [-0.2, -0.15) is 8.78 Å². The maximum absolute atomic E-state index is 12.9. The third-order valence-corrected chi connectivity index (χ3v) is 5.05. The number of ether oxygens (including phenoxy) is 1. The van der Waals surface area contributed by atoms with Crippen LogP contribution in [0.2, 0.25) is 0 Å². The number of alkyl halides is 2. The lowest BCUT2D eigenvalue weighted by atomic mass is 10.1. The predicted molar refractivity (Wildman–Crippen MR) is 91.1 cm³/mol. The fraction of sp³-hybridized carbons (Fsp3) is 0.278. The minimum absolute atomic E-state index is 0.0435. The molecular weight excluding hydrogens is 332 g/mol. The molecule has 0 unspecified atom stereocenters. The fourth-order valence-electron chi connectivity index (χ4n) is 2.63. The molecule has 1 amide bonds. The molecule has 0 aromatic heterocycles. The minimum Gasteiger partial charge on any atom is -0.435 e. The number of anilines is 1. The number of amides is 1. The molecule has 0 aliphatic carbocycles. The van der Waals surface area contributed by atoms with Crippen LogP contribution in [0.1, 0.15) is 23.7 Å². The van der Waals surface area contributed by atoms with E-state index in [1.807, 2.05) is 24.3 Å². The van der Waals surface area contributed by atoms with Crippen LogP contribution in [-0.2, 0) is 0 Å². The van der Waals surface area contributed by atoms with E-state index in [2.05, 4.69) is 11.7 Å². The van der Waals surface area contributed by atoms with E-state index < -0.39 is 6.61 Å². The first-order valence-corrected chi connectivity index (χ1v) is 8.55. The highest BCUT2D eigenvalue weighted by Crippen LogP contribution is 2.37. The van der Waals surface area contributed by atoms with Gasteiger partial charge in [0.05, 0.1) is 5.69 Å². The van der Waals surface area contributed by atoms with Gasteiger partial charge in [0.1, 0.15) is 5.75 Å². The lowest BCUT2D eigenvalue weighted by Gasteiger charge is -2.22. The standard InChI is InChI=1S/C18H17F2NO2S/c1-12-10-11-21(15-4-2-3-5-16(15)24-12)17(22)13-6-8-14(9-7-13)23-18(19)20/h2-9,12,18H,10-11H2,1H3/t12-/m1/s1. The van der Waals surface area contributed by atoms with Gasteiger partial charge in [-0.05, 0) is 42.8 Å². The van der Waals surface area contributed by atoms with Crippen LogP contribution >= 0.6 is 11.8 Å². The Morgan fingerprint density at radius 3 is 2.62 bits per heavy atom. The number of benzene rings is 2. The minimum atomic E-state index is -2.87. The molecule has 0 N–H and O–H groups in total. The molecule has 1 aliphatic rings. The summed E-state index contributed by atoms with van der Waals surface area (Å²) in [6.45, 7) is -0.104. The molecule has 2 aromatic carbocycles. The molecule has 3 rings (SSSR count). The molecule has 2 aromatic rings. The molecule has 1 heterocycles. The van der Waals surface area contributed by atoms with Crippen molar-refractivity contribution in [3.05, 3.63) is 54.1 Å². The molecule has 24 heavy (non-hydrogen) atoms. The highest BCUT2D eigenvalue weighted by atomic mass is 32.2. The molecule has 0 saturated carbocycles. The number of carbonyl (C=O) groups is 1. The zero-order valence-electron chi connectivity index (χ0n) is 13.1. The summed E-state index contributed by atoms with van der Waals surface area (Å²) < 4.78 is 28.8. The maximum Gasteiger partial charge on any atom is 0.387 e. The van der Waals surface area contributed by atoms with Crippen molar-refractivity contribution in [1.29, 1.82) is 0 Å². The summed E-state index contributed by atoms with van der Waals surface area (Å²) in [6.07, 6.45) is 0.887. The number of nitrogens with zero attached hydrogens (tertiary/aromatic N) is 1. The van der Waals surface area contributed by atoms with Crippen molar-refractivity contribution in [3.8, 4) is 5.75 Å². The molecular formula is C18H17F2NO2S. The van der Waals surface area contributed by atoms with E-state index in [4.69, 9.17) is 0 Å². The van der Waals surface area contributed by atoms with Crippen molar-refractivity contribution in [2.24, 2.45) is 0 Å². The topological polar surface area (TPSA) is 29.5 Å². The van der Waals surface area contributed by atoms with Gasteiger partial charge in [-0.15, -0.1) is 11.8 Å². The number of thioether (sulfide) groups is 1. The molecule has 0 saturated heterocycles. The molecule has 0 bridgehead atoms. The SMILES string of the molecule is C[C@@H]1CCN(C(=O)c2ccc(OC(F)F)cc2)c2ccccc2S1. The van der Waals surface area contributed by atoms with Gasteiger partial charge in [-0.25, -0.2) is 0 Å². The monoisotopic (exact) mass is 349 g/mol. The number of halogens is 2. The quantitative estimate of drug-likeness (QED) is 0.796. The van der Waals surface area contributed by atoms with Gasteiger partial charge in [0.15, 0.2) is 0 Å². The zero-order chi connectivity index (χ0) is 17.1. The van der Waals surface area contributed by atoms with Crippen molar-refractivity contribution in [3.63, 3.8) is 0 Å². The first kappa shape index (κ1) is 16.8. The molecule has 126 valence electrons. The van der Waals surface area contributed by atoms with E-state index in [1.54, 1.807) is 16.7 Å². The fourth-order valence-corrected chi connectivity index (χ4v) is 3.75. The molecule has 1 aliphatic heterocycles. The summed E-state index contributed by atoms with van der Waals surface area (Å²) in [6, 6.07) is 13.6. The summed E-state index contributed by atoms with van der Waals surface area (Å²) in [7, 11) is 0. The maximum atomic E-state index is 12.9. The van der Waals surface area contributed by atoms with Gasteiger partial charge in [-0.1, -0.05) is 19.1 Å². The van der Waals surface area contributed by atoms with Crippen LogP contribution in [0.4, 0.5) is 14.5 Å².